The Morgan fingerprint density at radius 1 is 1.23 bits per heavy atom. The van der Waals surface area contributed by atoms with Crippen molar-refractivity contribution in [3.63, 3.8) is 0 Å². The monoisotopic (exact) mass is 424 g/mol. The molecule has 0 spiro atoms. The van der Waals surface area contributed by atoms with Gasteiger partial charge in [0, 0.05) is 12.3 Å². The number of benzene rings is 2. The Morgan fingerprint density at radius 2 is 2.03 bits per heavy atom. The largest absolute Gasteiger partial charge is 0.390 e. The van der Waals surface area contributed by atoms with Crippen LogP contribution in [0.4, 0.5) is 0 Å². The van der Waals surface area contributed by atoms with E-state index in [2.05, 4.69) is 23.2 Å². The minimum Gasteiger partial charge on any atom is -0.390 e. The van der Waals surface area contributed by atoms with Crippen LogP contribution in [0.25, 0.3) is 10.9 Å². The zero-order chi connectivity index (χ0) is 20.9. The maximum absolute atomic E-state index is 12.9. The van der Waals surface area contributed by atoms with Crippen LogP contribution in [0.1, 0.15) is 43.4 Å². The van der Waals surface area contributed by atoms with E-state index in [1.54, 1.807) is 4.57 Å². The second kappa shape index (κ2) is 9.77. The van der Waals surface area contributed by atoms with Crippen LogP contribution in [0.2, 0.25) is 0 Å². The Kier molecular flexibility index (Phi) is 6.87. The topological polar surface area (TPSA) is 64.3 Å². The average molecular weight is 425 g/mol. The van der Waals surface area contributed by atoms with E-state index in [0.717, 1.165) is 25.7 Å². The molecule has 6 heteroatoms. The summed E-state index contributed by atoms with van der Waals surface area (Å²) >= 11 is 1.42. The molecule has 0 unspecified atom stereocenters. The molecule has 2 aromatic carbocycles. The van der Waals surface area contributed by atoms with Gasteiger partial charge >= 0.3 is 0 Å². The highest BCUT2D eigenvalue weighted by Gasteiger charge is 2.21. The quantitative estimate of drug-likeness (QED) is 0.430. The van der Waals surface area contributed by atoms with Crippen LogP contribution in [-0.2, 0) is 17.7 Å². The minimum absolute atomic E-state index is 0.0190. The molecule has 2 atom stereocenters. The first kappa shape index (κ1) is 21.1. The first-order chi connectivity index (χ1) is 14.7. The molecule has 5 nitrogen and oxygen atoms in total. The van der Waals surface area contributed by atoms with E-state index in [1.165, 1.54) is 22.9 Å². The molecule has 3 aromatic rings. The zero-order valence-electron chi connectivity index (χ0n) is 17.3. The van der Waals surface area contributed by atoms with Gasteiger partial charge in [0.25, 0.3) is 5.56 Å². The van der Waals surface area contributed by atoms with Gasteiger partial charge in [-0.3, -0.25) is 9.36 Å². The van der Waals surface area contributed by atoms with E-state index in [0.29, 0.717) is 28.4 Å². The van der Waals surface area contributed by atoms with Crippen molar-refractivity contribution in [2.75, 3.05) is 12.4 Å². The number of aliphatic hydroxyl groups excluding tert-OH is 1. The Bertz CT molecular complexity index is 1070. The highest BCUT2D eigenvalue weighted by molar-refractivity contribution is 7.99. The molecule has 1 aromatic heterocycles. The van der Waals surface area contributed by atoms with E-state index >= 15 is 0 Å². The minimum atomic E-state index is -0.623. The van der Waals surface area contributed by atoms with Crippen molar-refractivity contribution in [3.8, 4) is 0 Å². The number of nitrogens with zero attached hydrogens (tertiary/aromatic N) is 2. The predicted molar refractivity (Wildman–Crippen MR) is 121 cm³/mol. The van der Waals surface area contributed by atoms with Gasteiger partial charge in [0.2, 0.25) is 0 Å². The first-order valence-electron chi connectivity index (χ1n) is 10.7. The standard InChI is InChI=1S/C24H28N2O3S/c1-2-14-26-23(28)20-11-5-6-12-21(20)25-24(26)30-16-18(27)15-29-22-13-7-9-17-8-3-4-10-19(17)22/h3-6,8,10-12,18,22,27H,2,7,9,13-16H2,1H3/t18-,22+/m0/s1. The van der Waals surface area contributed by atoms with Crippen LogP contribution in [0.15, 0.2) is 58.5 Å². The van der Waals surface area contributed by atoms with Gasteiger partial charge in [0.05, 0.1) is 29.7 Å². The fourth-order valence-electron chi connectivity index (χ4n) is 4.01. The summed E-state index contributed by atoms with van der Waals surface area (Å²) in [6, 6.07) is 15.8. The molecule has 30 heavy (non-hydrogen) atoms. The lowest BCUT2D eigenvalue weighted by Gasteiger charge is -2.26. The maximum atomic E-state index is 12.9. The molecule has 0 bridgehead atoms. The molecule has 0 fully saturated rings. The molecule has 0 saturated carbocycles. The number of fused-ring (bicyclic) bond motifs is 2. The Morgan fingerprint density at radius 3 is 2.90 bits per heavy atom. The third-order valence-electron chi connectivity index (χ3n) is 5.48. The summed E-state index contributed by atoms with van der Waals surface area (Å²) in [5.74, 6) is 0.433. The number of rotatable bonds is 8. The number of aromatic nitrogens is 2. The van der Waals surface area contributed by atoms with Crippen LogP contribution in [-0.4, -0.2) is 33.1 Å². The van der Waals surface area contributed by atoms with Gasteiger partial charge in [-0.2, -0.15) is 0 Å². The van der Waals surface area contributed by atoms with Crippen molar-refractivity contribution in [3.05, 3.63) is 70.0 Å². The van der Waals surface area contributed by atoms with Crippen LogP contribution in [0, 0.1) is 0 Å². The molecule has 1 aliphatic rings. The number of para-hydroxylation sites is 1. The van der Waals surface area contributed by atoms with Crippen LogP contribution >= 0.6 is 11.8 Å². The Hall–Kier alpha value is -2.15. The average Bonchev–Trinajstić information content (AvgIpc) is 2.78. The number of thioether (sulfide) groups is 1. The van der Waals surface area contributed by atoms with Gasteiger partial charge in [-0.1, -0.05) is 55.1 Å². The zero-order valence-corrected chi connectivity index (χ0v) is 18.1. The van der Waals surface area contributed by atoms with Crippen molar-refractivity contribution in [1.82, 2.24) is 9.55 Å². The summed E-state index contributed by atoms with van der Waals surface area (Å²) < 4.78 is 7.80. The molecule has 158 valence electrons. The summed E-state index contributed by atoms with van der Waals surface area (Å²) in [5, 5.41) is 11.8. The summed E-state index contributed by atoms with van der Waals surface area (Å²) in [6.07, 6.45) is 3.46. The summed E-state index contributed by atoms with van der Waals surface area (Å²) in [5.41, 5.74) is 3.27. The third-order valence-corrected chi connectivity index (χ3v) is 6.60. The van der Waals surface area contributed by atoms with Gasteiger partial charge in [-0.05, 0) is 48.9 Å². The van der Waals surface area contributed by atoms with E-state index in [-0.39, 0.29) is 18.3 Å². The van der Waals surface area contributed by atoms with Crippen LogP contribution in [0.3, 0.4) is 0 Å². The molecular weight excluding hydrogens is 396 g/mol. The lowest BCUT2D eigenvalue weighted by Crippen LogP contribution is -2.25. The maximum Gasteiger partial charge on any atom is 0.262 e. The summed E-state index contributed by atoms with van der Waals surface area (Å²) in [6.45, 7) is 2.93. The van der Waals surface area contributed by atoms with E-state index in [9.17, 15) is 9.90 Å². The highest BCUT2D eigenvalue weighted by Crippen LogP contribution is 2.32. The number of aryl methyl sites for hydroxylation is 1. The van der Waals surface area contributed by atoms with Crippen molar-refractivity contribution < 1.29 is 9.84 Å². The van der Waals surface area contributed by atoms with Crippen molar-refractivity contribution in [1.29, 1.82) is 0 Å². The Labute approximate surface area is 181 Å². The number of ether oxygens (including phenoxy) is 1. The predicted octanol–water partition coefficient (Wildman–Crippen LogP) is 4.35. The fourth-order valence-corrected chi connectivity index (χ4v) is 4.94. The Balaban J connectivity index is 1.42. The van der Waals surface area contributed by atoms with Gasteiger partial charge < -0.3 is 9.84 Å². The molecule has 0 amide bonds. The number of hydrogen-bond donors (Lipinski definition) is 1. The molecule has 1 aliphatic carbocycles. The molecule has 1 N–H and O–H groups in total. The molecule has 4 rings (SSSR count). The van der Waals surface area contributed by atoms with E-state index in [4.69, 9.17) is 4.74 Å². The normalized spacial score (nSPS) is 17.1. The molecule has 0 aliphatic heterocycles. The molecular formula is C24H28N2O3S. The SMILES string of the molecule is CCCn1c(SC[C@@H](O)CO[C@@H]2CCCc3ccccc32)nc2ccccc2c1=O. The third kappa shape index (κ3) is 4.61. The lowest BCUT2D eigenvalue weighted by molar-refractivity contribution is -0.00961. The van der Waals surface area contributed by atoms with Crippen LogP contribution in [0.5, 0.6) is 0 Å². The number of aliphatic hydroxyl groups is 1. The highest BCUT2D eigenvalue weighted by atomic mass is 32.2. The van der Waals surface area contributed by atoms with Crippen molar-refractivity contribution in [2.45, 2.75) is 56.5 Å². The smallest absolute Gasteiger partial charge is 0.262 e. The van der Waals surface area contributed by atoms with Crippen molar-refractivity contribution >= 4 is 22.7 Å². The van der Waals surface area contributed by atoms with Gasteiger partial charge in [0.15, 0.2) is 5.16 Å². The second-order valence-electron chi connectivity index (χ2n) is 7.75. The fraction of sp³-hybridized carbons (Fsp3) is 0.417. The van der Waals surface area contributed by atoms with Gasteiger partial charge in [-0.15, -0.1) is 0 Å². The van der Waals surface area contributed by atoms with Crippen molar-refractivity contribution in [2.24, 2.45) is 0 Å². The number of hydrogen-bond acceptors (Lipinski definition) is 5. The van der Waals surface area contributed by atoms with E-state index in [1.807, 2.05) is 37.3 Å². The first-order valence-corrected chi connectivity index (χ1v) is 11.7. The van der Waals surface area contributed by atoms with Gasteiger partial charge in [0.1, 0.15) is 0 Å². The molecule has 0 radical (unpaired) electrons. The van der Waals surface area contributed by atoms with Crippen LogP contribution < -0.4 is 5.56 Å². The van der Waals surface area contributed by atoms with E-state index < -0.39 is 6.10 Å². The molecule has 0 saturated heterocycles. The second-order valence-corrected chi connectivity index (χ2v) is 8.73. The lowest BCUT2D eigenvalue weighted by atomic mass is 9.89. The molecule has 1 heterocycles. The summed E-state index contributed by atoms with van der Waals surface area (Å²) in [7, 11) is 0. The summed E-state index contributed by atoms with van der Waals surface area (Å²) in [4.78, 5) is 17.5. The van der Waals surface area contributed by atoms with Gasteiger partial charge in [-0.25, -0.2) is 4.98 Å².